The minimum atomic E-state index is -1.81. The summed E-state index contributed by atoms with van der Waals surface area (Å²) in [6.07, 6.45) is 0. The van der Waals surface area contributed by atoms with E-state index >= 15 is 0 Å². The molecule has 5 nitrogen and oxygen atoms in total. The fourth-order valence-corrected chi connectivity index (χ4v) is 0.891. The van der Waals surface area contributed by atoms with Crippen LogP contribution in [-0.2, 0) is 4.79 Å². The van der Waals surface area contributed by atoms with Crippen LogP contribution < -0.4 is 11.2 Å². The highest BCUT2D eigenvalue weighted by Crippen LogP contribution is 2.26. The molecular weight excluding hydrogens is 259 g/mol. The molecule has 3 amide bonds. The molecule has 3 N–H and O–H groups in total. The number of hydrogen-bond acceptors (Lipinski definition) is 2. The zero-order chi connectivity index (χ0) is 11.4. The largest absolute Gasteiger partial charge is 0.350 e. The van der Waals surface area contributed by atoms with Crippen molar-refractivity contribution >= 4 is 46.7 Å². The summed E-state index contributed by atoms with van der Waals surface area (Å²) in [6.45, 7) is -1.78. The number of halogens is 4. The van der Waals surface area contributed by atoms with Gasteiger partial charge in [-0.05, 0) is 0 Å². The van der Waals surface area contributed by atoms with E-state index in [1.54, 1.807) is 0 Å². The van der Waals surface area contributed by atoms with Gasteiger partial charge in [0.05, 0.1) is 6.54 Å². The standard InChI is InChI=1S/C5H7Cl3FN3O2/c6-5(7,8)2-12(4(10)14)11-3(13)1-9/h1-2H2,(H2,10,14)(H,11,13). The second-order valence-electron chi connectivity index (χ2n) is 2.21. The molecule has 0 rings (SSSR count). The van der Waals surface area contributed by atoms with Gasteiger partial charge in [0.15, 0.2) is 6.67 Å². The summed E-state index contributed by atoms with van der Waals surface area (Å²) in [5, 5.41) is 0.509. The predicted molar refractivity (Wildman–Crippen MR) is 50.7 cm³/mol. The van der Waals surface area contributed by atoms with Crippen LogP contribution in [0.25, 0.3) is 0 Å². The fourth-order valence-electron chi connectivity index (χ4n) is 0.532. The molecule has 0 saturated carbocycles. The van der Waals surface area contributed by atoms with Crippen molar-refractivity contribution in [3.8, 4) is 0 Å². The molecule has 0 aromatic heterocycles. The number of urea groups is 1. The Morgan fingerprint density at radius 1 is 1.43 bits per heavy atom. The second kappa shape index (κ2) is 5.43. The lowest BCUT2D eigenvalue weighted by molar-refractivity contribution is -0.125. The van der Waals surface area contributed by atoms with Crippen molar-refractivity contribution in [1.29, 1.82) is 0 Å². The van der Waals surface area contributed by atoms with Gasteiger partial charge < -0.3 is 5.73 Å². The Morgan fingerprint density at radius 3 is 2.21 bits per heavy atom. The fraction of sp³-hybridized carbons (Fsp3) is 0.600. The van der Waals surface area contributed by atoms with Crippen LogP contribution in [-0.4, -0.2) is 34.0 Å². The Labute approximate surface area is 94.2 Å². The summed E-state index contributed by atoms with van der Waals surface area (Å²) in [4.78, 5) is 21.2. The average Bonchev–Trinajstić information content (AvgIpc) is 2.00. The van der Waals surface area contributed by atoms with Crippen LogP contribution in [0.15, 0.2) is 0 Å². The van der Waals surface area contributed by atoms with Gasteiger partial charge in [0.2, 0.25) is 3.79 Å². The molecule has 0 fully saturated rings. The third kappa shape index (κ3) is 6.06. The van der Waals surface area contributed by atoms with Crippen LogP contribution in [0.4, 0.5) is 9.18 Å². The molecule has 9 heteroatoms. The first-order valence-corrected chi connectivity index (χ1v) is 4.39. The number of nitrogens with zero attached hydrogens (tertiary/aromatic N) is 1. The number of nitrogens with one attached hydrogen (secondary N) is 1. The highest BCUT2D eigenvalue weighted by Gasteiger charge is 2.27. The van der Waals surface area contributed by atoms with Crippen molar-refractivity contribution < 1.29 is 14.0 Å². The maximum Gasteiger partial charge on any atom is 0.333 e. The summed E-state index contributed by atoms with van der Waals surface area (Å²) in [7, 11) is 0. The van der Waals surface area contributed by atoms with Gasteiger partial charge >= 0.3 is 6.03 Å². The van der Waals surface area contributed by atoms with Crippen molar-refractivity contribution in [2.75, 3.05) is 13.2 Å². The van der Waals surface area contributed by atoms with Crippen molar-refractivity contribution in [3.63, 3.8) is 0 Å². The first kappa shape index (κ1) is 13.5. The molecule has 14 heavy (non-hydrogen) atoms. The number of rotatable bonds is 2. The van der Waals surface area contributed by atoms with Gasteiger partial charge in [-0.2, -0.15) is 0 Å². The number of primary amides is 1. The first-order chi connectivity index (χ1) is 6.26. The summed E-state index contributed by atoms with van der Waals surface area (Å²) < 4.78 is 9.95. The molecule has 0 atom stereocenters. The number of alkyl halides is 4. The number of hydrazine groups is 1. The Bertz CT molecular complexity index is 233. The predicted octanol–water partition coefficient (Wildman–Crippen LogP) is 0.738. The van der Waals surface area contributed by atoms with Crippen molar-refractivity contribution in [1.82, 2.24) is 10.4 Å². The summed E-state index contributed by atoms with van der Waals surface area (Å²) in [5.41, 5.74) is 6.63. The summed E-state index contributed by atoms with van der Waals surface area (Å²) in [6, 6.07) is -1.06. The topological polar surface area (TPSA) is 75.4 Å². The number of hydrogen-bond donors (Lipinski definition) is 2. The van der Waals surface area contributed by atoms with Gasteiger partial charge in [0.25, 0.3) is 5.91 Å². The maximum absolute atomic E-state index is 11.8. The normalized spacial score (nSPS) is 10.9. The van der Waals surface area contributed by atoms with Gasteiger partial charge in [0, 0.05) is 0 Å². The van der Waals surface area contributed by atoms with E-state index in [0.717, 1.165) is 0 Å². The number of amides is 3. The molecule has 0 heterocycles. The van der Waals surface area contributed by atoms with Crippen molar-refractivity contribution in [2.45, 2.75) is 3.79 Å². The molecular formula is C5H7Cl3FN3O2. The van der Waals surface area contributed by atoms with E-state index in [1.165, 1.54) is 0 Å². The SMILES string of the molecule is NC(=O)N(CC(Cl)(Cl)Cl)NC(=O)CF. The van der Waals surface area contributed by atoms with E-state index in [1.807, 2.05) is 5.43 Å². The monoisotopic (exact) mass is 265 g/mol. The molecule has 0 aliphatic heterocycles. The lowest BCUT2D eigenvalue weighted by Gasteiger charge is -2.23. The molecule has 0 aliphatic carbocycles. The zero-order valence-corrected chi connectivity index (χ0v) is 9.03. The molecule has 0 bridgehead atoms. The number of carbonyl (C=O) groups is 2. The van der Waals surface area contributed by atoms with Crippen LogP contribution >= 0.6 is 34.8 Å². The zero-order valence-electron chi connectivity index (χ0n) is 6.77. The number of nitrogens with two attached hydrogens (primary N) is 1. The van der Waals surface area contributed by atoms with Crippen LogP contribution in [0.5, 0.6) is 0 Å². The Hall–Kier alpha value is -0.460. The van der Waals surface area contributed by atoms with Gasteiger partial charge in [0.1, 0.15) is 0 Å². The van der Waals surface area contributed by atoms with Crippen molar-refractivity contribution in [3.05, 3.63) is 0 Å². The summed E-state index contributed by atoms with van der Waals surface area (Å²) >= 11 is 16.0. The van der Waals surface area contributed by atoms with Gasteiger partial charge in [-0.3, -0.25) is 10.2 Å². The van der Waals surface area contributed by atoms with E-state index in [-0.39, 0.29) is 0 Å². The van der Waals surface area contributed by atoms with Gasteiger partial charge in [-0.1, -0.05) is 34.8 Å². The van der Waals surface area contributed by atoms with E-state index < -0.39 is 29.0 Å². The quantitative estimate of drug-likeness (QED) is 0.571. The van der Waals surface area contributed by atoms with Crippen LogP contribution in [0.3, 0.4) is 0 Å². The van der Waals surface area contributed by atoms with Gasteiger partial charge in [-0.25, -0.2) is 14.2 Å². The average molecular weight is 266 g/mol. The highest BCUT2D eigenvalue weighted by atomic mass is 35.6. The Balaban J connectivity index is 4.31. The van der Waals surface area contributed by atoms with Crippen molar-refractivity contribution in [2.24, 2.45) is 5.73 Å². The lowest BCUT2D eigenvalue weighted by atomic mass is 10.6. The summed E-state index contributed by atoms with van der Waals surface area (Å²) in [5.74, 6) is -1.06. The lowest BCUT2D eigenvalue weighted by Crippen LogP contribution is -2.52. The van der Waals surface area contributed by atoms with Gasteiger partial charge in [-0.15, -0.1) is 0 Å². The Morgan fingerprint density at radius 2 is 1.93 bits per heavy atom. The molecule has 0 aromatic carbocycles. The second-order valence-corrected chi connectivity index (χ2v) is 4.72. The molecule has 0 aromatic rings. The third-order valence-electron chi connectivity index (χ3n) is 0.984. The van der Waals surface area contributed by atoms with E-state index in [2.05, 4.69) is 0 Å². The molecule has 0 saturated heterocycles. The minimum Gasteiger partial charge on any atom is -0.350 e. The smallest absolute Gasteiger partial charge is 0.333 e. The molecule has 0 unspecified atom stereocenters. The molecule has 0 spiro atoms. The van der Waals surface area contributed by atoms with Crippen LogP contribution in [0.1, 0.15) is 0 Å². The highest BCUT2D eigenvalue weighted by molar-refractivity contribution is 6.67. The third-order valence-corrected chi connectivity index (χ3v) is 1.34. The van der Waals surface area contributed by atoms with Crippen LogP contribution in [0.2, 0.25) is 0 Å². The Kier molecular flexibility index (Phi) is 5.25. The van der Waals surface area contributed by atoms with E-state index in [9.17, 15) is 14.0 Å². The van der Waals surface area contributed by atoms with Crippen LogP contribution in [0, 0.1) is 0 Å². The maximum atomic E-state index is 11.8. The first-order valence-electron chi connectivity index (χ1n) is 3.25. The number of carbonyl (C=O) groups excluding carboxylic acids is 2. The minimum absolute atomic E-state index is 0.473. The molecule has 0 radical (unpaired) electrons. The molecule has 0 aliphatic rings. The van der Waals surface area contributed by atoms with E-state index in [0.29, 0.717) is 5.01 Å². The van der Waals surface area contributed by atoms with E-state index in [4.69, 9.17) is 40.5 Å². The molecule has 82 valence electrons.